The number of carbonyl (C=O) groups is 1. The average Bonchev–Trinajstić information content (AvgIpc) is 2.65. The zero-order chi connectivity index (χ0) is 15.8. The van der Waals surface area contributed by atoms with Crippen LogP contribution in [0.2, 0.25) is 0 Å². The highest BCUT2D eigenvalue weighted by Gasteiger charge is 2.29. The summed E-state index contributed by atoms with van der Waals surface area (Å²) in [5, 5.41) is 5.35. The van der Waals surface area contributed by atoms with Crippen LogP contribution in [0, 0.1) is 0 Å². The molecule has 0 unspecified atom stereocenters. The number of hydrazone groups is 1. The summed E-state index contributed by atoms with van der Waals surface area (Å²) in [6.07, 6.45) is 1.67. The van der Waals surface area contributed by atoms with Gasteiger partial charge >= 0.3 is 0 Å². The van der Waals surface area contributed by atoms with E-state index in [4.69, 9.17) is 4.55 Å². The van der Waals surface area contributed by atoms with Crippen molar-refractivity contribution in [2.75, 3.05) is 19.1 Å². The van der Waals surface area contributed by atoms with Gasteiger partial charge in [-0.2, -0.15) is 18.5 Å². The molecule has 0 aliphatic carbocycles. The Morgan fingerprint density at radius 2 is 1.81 bits per heavy atom. The van der Waals surface area contributed by atoms with Crippen LogP contribution in [0.5, 0.6) is 0 Å². The summed E-state index contributed by atoms with van der Waals surface area (Å²) in [6, 6.07) is 5.26. The van der Waals surface area contributed by atoms with Crippen LogP contribution < -0.4 is 5.01 Å². The van der Waals surface area contributed by atoms with E-state index in [1.54, 1.807) is 32.1 Å². The van der Waals surface area contributed by atoms with Gasteiger partial charge in [-0.05, 0) is 31.2 Å². The minimum absolute atomic E-state index is 0.234. The maximum Gasteiger partial charge on any atom is 0.294 e. The molecular formula is C13H15N3O4S. The Hall–Kier alpha value is -2.19. The minimum Gasteiger partial charge on any atom is -0.383 e. The zero-order valence-corrected chi connectivity index (χ0v) is 12.6. The molecule has 0 saturated heterocycles. The molecule has 0 saturated carbocycles. The lowest BCUT2D eigenvalue weighted by Crippen LogP contribution is -2.22. The first-order chi connectivity index (χ1) is 9.70. The van der Waals surface area contributed by atoms with Crippen molar-refractivity contribution in [1.82, 2.24) is 4.90 Å². The molecule has 1 aliphatic rings. The van der Waals surface area contributed by atoms with Gasteiger partial charge in [-0.3, -0.25) is 9.35 Å². The van der Waals surface area contributed by atoms with Gasteiger partial charge in [-0.15, -0.1) is 0 Å². The van der Waals surface area contributed by atoms with Crippen molar-refractivity contribution in [2.45, 2.75) is 11.8 Å². The summed E-state index contributed by atoms with van der Waals surface area (Å²) in [4.78, 5) is 13.8. The van der Waals surface area contributed by atoms with Crippen LogP contribution >= 0.6 is 0 Å². The highest BCUT2D eigenvalue weighted by Crippen LogP contribution is 2.24. The Balaban J connectivity index is 2.35. The molecule has 112 valence electrons. The highest BCUT2D eigenvalue weighted by molar-refractivity contribution is 7.85. The largest absolute Gasteiger partial charge is 0.383 e. The number of anilines is 1. The second-order valence-electron chi connectivity index (χ2n) is 4.78. The third kappa shape index (κ3) is 3.11. The van der Waals surface area contributed by atoms with Crippen LogP contribution in [0.4, 0.5) is 5.69 Å². The molecule has 1 aromatic carbocycles. The van der Waals surface area contributed by atoms with Crippen molar-refractivity contribution >= 4 is 27.4 Å². The second-order valence-corrected chi connectivity index (χ2v) is 6.20. The monoisotopic (exact) mass is 309 g/mol. The Bertz CT molecular complexity index is 733. The fraction of sp³-hybridized carbons (Fsp3) is 0.231. The number of amides is 1. The minimum atomic E-state index is -4.25. The van der Waals surface area contributed by atoms with Gasteiger partial charge in [-0.25, -0.2) is 0 Å². The Morgan fingerprint density at radius 1 is 1.24 bits per heavy atom. The van der Waals surface area contributed by atoms with Crippen LogP contribution in [0.3, 0.4) is 0 Å². The first-order valence-electron chi connectivity index (χ1n) is 6.06. The van der Waals surface area contributed by atoms with E-state index in [1.807, 2.05) is 0 Å². The van der Waals surface area contributed by atoms with Gasteiger partial charge in [-0.1, -0.05) is 0 Å². The number of rotatable bonds is 3. The van der Waals surface area contributed by atoms with Crippen molar-refractivity contribution in [2.24, 2.45) is 5.10 Å². The summed E-state index contributed by atoms with van der Waals surface area (Å²) >= 11 is 0. The van der Waals surface area contributed by atoms with Crippen molar-refractivity contribution in [1.29, 1.82) is 0 Å². The van der Waals surface area contributed by atoms with Gasteiger partial charge in [0.05, 0.1) is 21.9 Å². The van der Waals surface area contributed by atoms with Crippen molar-refractivity contribution in [3.63, 3.8) is 0 Å². The van der Waals surface area contributed by atoms with Gasteiger partial charge in [0.15, 0.2) is 0 Å². The Kier molecular flexibility index (Phi) is 3.84. The predicted octanol–water partition coefficient (Wildman–Crippen LogP) is 1.10. The Morgan fingerprint density at radius 3 is 2.29 bits per heavy atom. The first-order valence-corrected chi connectivity index (χ1v) is 7.50. The third-order valence-electron chi connectivity index (χ3n) is 2.83. The van der Waals surface area contributed by atoms with E-state index in [1.165, 1.54) is 29.3 Å². The van der Waals surface area contributed by atoms with E-state index in [0.717, 1.165) is 0 Å². The number of benzene rings is 1. The number of nitrogens with zero attached hydrogens (tertiary/aromatic N) is 3. The zero-order valence-electron chi connectivity index (χ0n) is 11.8. The number of hydrogen-bond acceptors (Lipinski definition) is 5. The van der Waals surface area contributed by atoms with Gasteiger partial charge in [0, 0.05) is 20.3 Å². The molecule has 1 heterocycles. The van der Waals surface area contributed by atoms with Crippen molar-refractivity contribution < 1.29 is 17.8 Å². The molecule has 0 aromatic heterocycles. The molecular weight excluding hydrogens is 294 g/mol. The molecule has 7 nitrogen and oxygen atoms in total. The van der Waals surface area contributed by atoms with E-state index in [2.05, 4.69) is 5.10 Å². The molecule has 21 heavy (non-hydrogen) atoms. The molecule has 1 N–H and O–H groups in total. The fourth-order valence-electron chi connectivity index (χ4n) is 1.86. The standard InChI is InChI=1S/C13H15N3O4S/c1-9-12(8-15(2)3)13(17)16(14-9)10-4-6-11(7-5-10)21(18,19)20/h4-8H,1-3H3,(H,18,19,20). The van der Waals surface area contributed by atoms with E-state index in [-0.39, 0.29) is 10.8 Å². The predicted molar refractivity (Wildman–Crippen MR) is 78.6 cm³/mol. The second kappa shape index (κ2) is 5.30. The lowest BCUT2D eigenvalue weighted by atomic mass is 10.2. The molecule has 0 fully saturated rings. The summed E-state index contributed by atoms with van der Waals surface area (Å²) < 4.78 is 30.9. The number of hydrogen-bond donors (Lipinski definition) is 1. The topological polar surface area (TPSA) is 90.3 Å². The van der Waals surface area contributed by atoms with E-state index < -0.39 is 10.1 Å². The van der Waals surface area contributed by atoms with Crippen molar-refractivity contribution in [3.05, 3.63) is 36.0 Å². The van der Waals surface area contributed by atoms with E-state index >= 15 is 0 Å². The molecule has 0 spiro atoms. The van der Waals surface area contributed by atoms with Gasteiger partial charge < -0.3 is 4.90 Å². The molecule has 0 atom stereocenters. The van der Waals surface area contributed by atoms with Crippen LogP contribution in [0.1, 0.15) is 6.92 Å². The molecule has 1 amide bonds. The SMILES string of the molecule is CC1=NN(c2ccc(S(=O)(=O)O)cc2)C(=O)C1=CN(C)C. The van der Waals surface area contributed by atoms with E-state index in [9.17, 15) is 13.2 Å². The van der Waals surface area contributed by atoms with Gasteiger partial charge in [0.25, 0.3) is 16.0 Å². The summed E-state index contributed by atoms with van der Waals surface area (Å²) in [5.41, 5.74) is 1.47. The number of carbonyl (C=O) groups excluding carboxylic acids is 1. The molecule has 0 radical (unpaired) electrons. The smallest absolute Gasteiger partial charge is 0.294 e. The highest BCUT2D eigenvalue weighted by atomic mass is 32.2. The summed E-state index contributed by atoms with van der Waals surface area (Å²) in [7, 11) is -0.646. The normalized spacial score (nSPS) is 17.3. The average molecular weight is 309 g/mol. The molecule has 1 aliphatic heterocycles. The molecule has 1 aromatic rings. The summed E-state index contributed by atoms with van der Waals surface area (Å²) in [6.45, 7) is 1.72. The Labute approximate surface area is 122 Å². The maximum absolute atomic E-state index is 12.3. The molecule has 0 bridgehead atoms. The third-order valence-corrected chi connectivity index (χ3v) is 3.70. The van der Waals surface area contributed by atoms with E-state index in [0.29, 0.717) is 17.0 Å². The van der Waals surface area contributed by atoms with Crippen LogP contribution in [-0.4, -0.2) is 43.6 Å². The molecule has 2 rings (SSSR count). The lowest BCUT2D eigenvalue weighted by molar-refractivity contribution is -0.114. The van der Waals surface area contributed by atoms with Gasteiger partial charge in [0.2, 0.25) is 0 Å². The fourth-order valence-corrected chi connectivity index (χ4v) is 2.34. The first kappa shape index (κ1) is 15.2. The lowest BCUT2D eigenvalue weighted by Gasteiger charge is -2.12. The maximum atomic E-state index is 12.3. The van der Waals surface area contributed by atoms with Crippen LogP contribution in [0.15, 0.2) is 46.0 Å². The van der Waals surface area contributed by atoms with Crippen molar-refractivity contribution in [3.8, 4) is 0 Å². The summed E-state index contributed by atoms with van der Waals surface area (Å²) in [5.74, 6) is -0.291. The van der Waals surface area contributed by atoms with Crippen LogP contribution in [-0.2, 0) is 14.9 Å². The quantitative estimate of drug-likeness (QED) is 0.667. The molecule has 8 heteroatoms. The van der Waals surface area contributed by atoms with Gasteiger partial charge in [0.1, 0.15) is 0 Å². The van der Waals surface area contributed by atoms with Crippen LogP contribution in [0.25, 0.3) is 0 Å².